The number of nitrogens with zero attached hydrogens (tertiary/aromatic N) is 3. The molecule has 78 valence electrons. The molecule has 0 saturated heterocycles. The number of hydrogen-bond donors (Lipinski definition) is 1. The van der Waals surface area contributed by atoms with Crippen LogP contribution in [-0.4, -0.2) is 15.0 Å². The SMILES string of the molecule is NCc1cnnn1-c1cccc(F)c1F. The molecule has 0 amide bonds. The van der Waals surface area contributed by atoms with Crippen molar-refractivity contribution in [3.05, 3.63) is 41.7 Å². The molecule has 0 fully saturated rings. The highest BCUT2D eigenvalue weighted by atomic mass is 19.2. The summed E-state index contributed by atoms with van der Waals surface area (Å²) in [6, 6.07) is 3.85. The summed E-state index contributed by atoms with van der Waals surface area (Å²) < 4.78 is 27.5. The van der Waals surface area contributed by atoms with Gasteiger partial charge < -0.3 is 5.73 Å². The Kier molecular flexibility index (Phi) is 2.42. The van der Waals surface area contributed by atoms with E-state index >= 15 is 0 Å². The van der Waals surface area contributed by atoms with E-state index in [9.17, 15) is 8.78 Å². The first-order chi connectivity index (χ1) is 7.24. The minimum Gasteiger partial charge on any atom is -0.325 e. The lowest BCUT2D eigenvalue weighted by Crippen LogP contribution is -2.09. The highest BCUT2D eigenvalue weighted by Crippen LogP contribution is 2.16. The number of hydrogen-bond acceptors (Lipinski definition) is 3. The molecule has 0 radical (unpaired) electrons. The zero-order valence-electron chi connectivity index (χ0n) is 7.69. The van der Waals surface area contributed by atoms with Crippen LogP contribution >= 0.6 is 0 Å². The van der Waals surface area contributed by atoms with Crippen molar-refractivity contribution in [1.82, 2.24) is 15.0 Å². The number of aromatic nitrogens is 3. The molecule has 4 nitrogen and oxygen atoms in total. The second-order valence-electron chi connectivity index (χ2n) is 2.91. The van der Waals surface area contributed by atoms with Crippen molar-refractivity contribution >= 4 is 0 Å². The predicted molar refractivity (Wildman–Crippen MR) is 49.2 cm³/mol. The molecule has 0 spiro atoms. The van der Waals surface area contributed by atoms with Gasteiger partial charge in [0.05, 0.1) is 11.9 Å². The second kappa shape index (κ2) is 3.74. The molecule has 15 heavy (non-hydrogen) atoms. The van der Waals surface area contributed by atoms with E-state index in [4.69, 9.17) is 5.73 Å². The second-order valence-corrected chi connectivity index (χ2v) is 2.91. The number of benzene rings is 1. The summed E-state index contributed by atoms with van der Waals surface area (Å²) in [6.45, 7) is 0.156. The standard InChI is InChI=1S/C9H8F2N4/c10-7-2-1-3-8(9(7)11)15-6(4-12)5-13-14-15/h1-3,5H,4,12H2. The molecule has 1 aromatic carbocycles. The molecule has 2 N–H and O–H groups in total. The molecular formula is C9H8F2N4. The summed E-state index contributed by atoms with van der Waals surface area (Å²) in [5.74, 6) is -1.89. The van der Waals surface area contributed by atoms with Crippen molar-refractivity contribution in [3.8, 4) is 5.69 Å². The van der Waals surface area contributed by atoms with E-state index in [1.807, 2.05) is 0 Å². The lowest BCUT2D eigenvalue weighted by Gasteiger charge is -2.05. The van der Waals surface area contributed by atoms with Gasteiger partial charge in [-0.3, -0.25) is 0 Å². The number of nitrogens with two attached hydrogens (primary N) is 1. The van der Waals surface area contributed by atoms with Gasteiger partial charge in [-0.1, -0.05) is 11.3 Å². The Morgan fingerprint density at radius 2 is 2.13 bits per heavy atom. The summed E-state index contributed by atoms with van der Waals surface area (Å²) in [6.07, 6.45) is 1.41. The predicted octanol–water partition coefficient (Wildman–Crippen LogP) is 1.00. The topological polar surface area (TPSA) is 56.7 Å². The van der Waals surface area contributed by atoms with E-state index in [1.165, 1.54) is 23.0 Å². The maximum Gasteiger partial charge on any atom is 0.184 e. The van der Waals surface area contributed by atoms with Gasteiger partial charge in [-0.15, -0.1) is 5.10 Å². The molecule has 1 aromatic heterocycles. The molecule has 0 atom stereocenters. The van der Waals surface area contributed by atoms with E-state index in [-0.39, 0.29) is 12.2 Å². The van der Waals surface area contributed by atoms with Gasteiger partial charge in [0.25, 0.3) is 0 Å². The Morgan fingerprint density at radius 1 is 1.33 bits per heavy atom. The van der Waals surface area contributed by atoms with Crippen molar-refractivity contribution < 1.29 is 8.78 Å². The maximum atomic E-state index is 13.4. The molecule has 0 aliphatic carbocycles. The van der Waals surface area contributed by atoms with Crippen molar-refractivity contribution in [2.24, 2.45) is 5.73 Å². The van der Waals surface area contributed by atoms with E-state index in [0.29, 0.717) is 5.69 Å². The van der Waals surface area contributed by atoms with Gasteiger partial charge in [-0.05, 0) is 12.1 Å². The molecule has 6 heteroatoms. The minimum atomic E-state index is -0.960. The largest absolute Gasteiger partial charge is 0.325 e. The average Bonchev–Trinajstić information content (AvgIpc) is 2.70. The number of rotatable bonds is 2. The highest BCUT2D eigenvalue weighted by Gasteiger charge is 2.12. The molecule has 2 aromatic rings. The highest BCUT2D eigenvalue weighted by molar-refractivity contribution is 5.34. The zero-order valence-corrected chi connectivity index (χ0v) is 7.69. The van der Waals surface area contributed by atoms with Crippen LogP contribution in [0.4, 0.5) is 8.78 Å². The van der Waals surface area contributed by atoms with E-state index in [2.05, 4.69) is 10.3 Å². The van der Waals surface area contributed by atoms with Crippen LogP contribution in [0.2, 0.25) is 0 Å². The quantitative estimate of drug-likeness (QED) is 0.804. The molecule has 1 heterocycles. The fourth-order valence-electron chi connectivity index (χ4n) is 1.25. The molecule has 0 aliphatic rings. The average molecular weight is 210 g/mol. The minimum absolute atomic E-state index is 0.00736. The Bertz CT molecular complexity index is 481. The molecule has 0 saturated carbocycles. The smallest absolute Gasteiger partial charge is 0.184 e. The Morgan fingerprint density at radius 3 is 2.87 bits per heavy atom. The van der Waals surface area contributed by atoms with E-state index in [0.717, 1.165) is 6.07 Å². The first kappa shape index (κ1) is 9.72. The van der Waals surface area contributed by atoms with Crippen LogP contribution in [0.5, 0.6) is 0 Å². The Balaban J connectivity index is 2.59. The van der Waals surface area contributed by atoms with Crippen molar-refractivity contribution in [2.75, 3.05) is 0 Å². The van der Waals surface area contributed by atoms with Gasteiger partial charge in [-0.25, -0.2) is 13.5 Å². The fraction of sp³-hybridized carbons (Fsp3) is 0.111. The lowest BCUT2D eigenvalue weighted by atomic mass is 10.3. The van der Waals surface area contributed by atoms with Gasteiger partial charge in [0.15, 0.2) is 11.6 Å². The maximum absolute atomic E-state index is 13.4. The third-order valence-electron chi connectivity index (χ3n) is 1.99. The molecule has 0 aliphatic heterocycles. The van der Waals surface area contributed by atoms with Gasteiger partial charge >= 0.3 is 0 Å². The van der Waals surface area contributed by atoms with E-state index in [1.54, 1.807) is 0 Å². The van der Waals surface area contributed by atoms with Crippen LogP contribution in [0.25, 0.3) is 5.69 Å². The van der Waals surface area contributed by atoms with Crippen molar-refractivity contribution in [2.45, 2.75) is 6.54 Å². The van der Waals surface area contributed by atoms with Crippen LogP contribution in [0, 0.1) is 11.6 Å². The summed E-state index contributed by atoms with van der Waals surface area (Å²) >= 11 is 0. The third-order valence-corrected chi connectivity index (χ3v) is 1.99. The van der Waals surface area contributed by atoms with Crippen LogP contribution in [-0.2, 0) is 6.54 Å². The van der Waals surface area contributed by atoms with Crippen molar-refractivity contribution in [3.63, 3.8) is 0 Å². The van der Waals surface area contributed by atoms with Crippen LogP contribution < -0.4 is 5.73 Å². The first-order valence-electron chi connectivity index (χ1n) is 4.28. The van der Waals surface area contributed by atoms with Crippen molar-refractivity contribution in [1.29, 1.82) is 0 Å². The monoisotopic (exact) mass is 210 g/mol. The molecule has 2 rings (SSSR count). The Labute approximate surface area is 84.3 Å². The summed E-state index contributed by atoms with van der Waals surface area (Å²) in [4.78, 5) is 0. The normalized spacial score (nSPS) is 10.6. The van der Waals surface area contributed by atoms with Crippen LogP contribution in [0.15, 0.2) is 24.4 Å². The molecule has 0 bridgehead atoms. The fourth-order valence-corrected chi connectivity index (χ4v) is 1.25. The number of halogens is 2. The van der Waals surface area contributed by atoms with Crippen LogP contribution in [0.1, 0.15) is 5.69 Å². The van der Waals surface area contributed by atoms with Gasteiger partial charge in [-0.2, -0.15) is 0 Å². The van der Waals surface area contributed by atoms with Gasteiger partial charge in [0.2, 0.25) is 0 Å². The Hall–Kier alpha value is -1.82. The van der Waals surface area contributed by atoms with Gasteiger partial charge in [0.1, 0.15) is 5.69 Å². The lowest BCUT2D eigenvalue weighted by molar-refractivity contribution is 0.499. The van der Waals surface area contributed by atoms with E-state index < -0.39 is 11.6 Å². The summed E-state index contributed by atoms with van der Waals surface area (Å²) in [5, 5.41) is 7.22. The summed E-state index contributed by atoms with van der Waals surface area (Å²) in [5.41, 5.74) is 5.92. The summed E-state index contributed by atoms with van der Waals surface area (Å²) in [7, 11) is 0. The third kappa shape index (κ3) is 1.59. The van der Waals surface area contributed by atoms with Gasteiger partial charge in [0, 0.05) is 6.54 Å². The molecule has 0 unspecified atom stereocenters. The zero-order chi connectivity index (χ0) is 10.8. The first-order valence-corrected chi connectivity index (χ1v) is 4.28. The van der Waals surface area contributed by atoms with Crippen LogP contribution in [0.3, 0.4) is 0 Å². The molecular weight excluding hydrogens is 202 g/mol.